The smallest absolute Gasteiger partial charge is 0.344 e. The topological polar surface area (TPSA) is 52.6 Å². The lowest BCUT2D eigenvalue weighted by molar-refractivity contribution is -0.145. The van der Waals surface area contributed by atoms with Crippen LogP contribution >= 0.6 is 34.8 Å². The van der Waals surface area contributed by atoms with Gasteiger partial charge in [0, 0.05) is 0 Å². The zero-order chi connectivity index (χ0) is 13.7. The van der Waals surface area contributed by atoms with E-state index in [0.717, 1.165) is 0 Å². The van der Waals surface area contributed by atoms with Gasteiger partial charge in [-0.05, 0) is 30.7 Å². The largest absolute Gasteiger partial charge is 0.480 e. The third-order valence-electron chi connectivity index (χ3n) is 1.91. The van der Waals surface area contributed by atoms with Gasteiger partial charge in [-0.1, -0.05) is 23.2 Å². The van der Waals surface area contributed by atoms with Gasteiger partial charge in [0.15, 0.2) is 6.61 Å². The molecule has 0 atom stereocenters. The normalized spacial score (nSPS) is 10.0. The fraction of sp³-hybridized carbons (Fsp3) is 0.273. The van der Waals surface area contributed by atoms with Crippen LogP contribution < -0.4 is 4.74 Å². The number of hydrogen-bond acceptors (Lipinski definition) is 4. The van der Waals surface area contributed by atoms with Gasteiger partial charge in [0.1, 0.15) is 10.8 Å². The summed E-state index contributed by atoms with van der Waals surface area (Å²) in [5, 5.41) is -0.718. The Labute approximate surface area is 119 Å². The summed E-state index contributed by atoms with van der Waals surface area (Å²) in [5.74, 6) is -0.349. The van der Waals surface area contributed by atoms with Crippen LogP contribution in [-0.4, -0.2) is 24.4 Å². The minimum absolute atomic E-state index is 0.0157. The fourth-order valence-corrected chi connectivity index (χ4v) is 1.80. The van der Waals surface area contributed by atoms with Gasteiger partial charge in [-0.15, -0.1) is 0 Å². The van der Waals surface area contributed by atoms with E-state index in [4.69, 9.17) is 39.5 Å². The summed E-state index contributed by atoms with van der Waals surface area (Å²) in [6.07, 6.45) is 0. The molecule has 0 aliphatic heterocycles. The molecule has 0 aromatic heterocycles. The van der Waals surface area contributed by atoms with Crippen LogP contribution in [0.5, 0.6) is 5.75 Å². The summed E-state index contributed by atoms with van der Waals surface area (Å²) in [4.78, 5) is 22.1. The van der Waals surface area contributed by atoms with Gasteiger partial charge in [0.2, 0.25) is 0 Å². The first-order chi connectivity index (χ1) is 8.47. The minimum atomic E-state index is -0.723. The standard InChI is InChI=1S/C11H9Cl3O4/c1-2-17-8(15)5-18-7-4-3-6(11(14)16)9(12)10(7)13/h3-4H,2,5H2,1H3. The Morgan fingerprint density at radius 2 is 1.89 bits per heavy atom. The highest BCUT2D eigenvalue weighted by atomic mass is 35.5. The maximum Gasteiger partial charge on any atom is 0.344 e. The molecule has 4 nitrogen and oxygen atoms in total. The number of rotatable bonds is 5. The van der Waals surface area contributed by atoms with Crippen LogP contribution in [-0.2, 0) is 9.53 Å². The first kappa shape index (κ1) is 15.1. The highest BCUT2D eigenvalue weighted by Crippen LogP contribution is 2.35. The quantitative estimate of drug-likeness (QED) is 0.618. The SMILES string of the molecule is CCOC(=O)COc1ccc(C(=O)Cl)c(Cl)c1Cl. The molecule has 0 fully saturated rings. The van der Waals surface area contributed by atoms with Crippen molar-refractivity contribution in [2.24, 2.45) is 0 Å². The summed E-state index contributed by atoms with van der Waals surface area (Å²) in [5.41, 5.74) is 0.0758. The van der Waals surface area contributed by atoms with Crippen molar-refractivity contribution >= 4 is 46.0 Å². The van der Waals surface area contributed by atoms with E-state index in [1.54, 1.807) is 6.92 Å². The highest BCUT2D eigenvalue weighted by Gasteiger charge is 2.15. The lowest BCUT2D eigenvalue weighted by atomic mass is 10.2. The van der Waals surface area contributed by atoms with Crippen molar-refractivity contribution in [3.63, 3.8) is 0 Å². The molecule has 0 heterocycles. The van der Waals surface area contributed by atoms with Crippen molar-refractivity contribution in [1.82, 2.24) is 0 Å². The van der Waals surface area contributed by atoms with Crippen LogP contribution in [0, 0.1) is 0 Å². The number of esters is 1. The number of carbonyl (C=O) groups is 2. The van der Waals surface area contributed by atoms with Crippen LogP contribution in [0.2, 0.25) is 10.0 Å². The van der Waals surface area contributed by atoms with Gasteiger partial charge in [-0.25, -0.2) is 4.79 Å². The number of hydrogen-bond donors (Lipinski definition) is 0. The first-order valence-electron chi connectivity index (χ1n) is 4.93. The Hall–Kier alpha value is -0.970. The molecule has 0 spiro atoms. The number of ether oxygens (including phenoxy) is 2. The molecule has 0 bridgehead atoms. The van der Waals surface area contributed by atoms with Crippen LogP contribution in [0.3, 0.4) is 0 Å². The lowest BCUT2D eigenvalue weighted by Gasteiger charge is -2.09. The third kappa shape index (κ3) is 3.77. The summed E-state index contributed by atoms with van der Waals surface area (Å²) in [6, 6.07) is 2.77. The molecule has 0 saturated heterocycles. The molecule has 98 valence electrons. The van der Waals surface area contributed by atoms with Gasteiger partial charge in [0.25, 0.3) is 5.24 Å². The maximum absolute atomic E-state index is 11.1. The van der Waals surface area contributed by atoms with Crippen LogP contribution in [0.25, 0.3) is 0 Å². The number of halogens is 3. The van der Waals surface area contributed by atoms with Crippen molar-refractivity contribution in [2.45, 2.75) is 6.92 Å². The lowest BCUT2D eigenvalue weighted by Crippen LogP contribution is -2.14. The molecule has 7 heteroatoms. The van der Waals surface area contributed by atoms with Crippen molar-refractivity contribution in [1.29, 1.82) is 0 Å². The van der Waals surface area contributed by atoms with Gasteiger partial charge in [-0.2, -0.15) is 0 Å². The van der Waals surface area contributed by atoms with E-state index in [9.17, 15) is 9.59 Å². The van der Waals surface area contributed by atoms with E-state index in [1.807, 2.05) is 0 Å². The molecule has 0 aliphatic rings. The second-order valence-electron chi connectivity index (χ2n) is 3.11. The zero-order valence-electron chi connectivity index (χ0n) is 9.34. The monoisotopic (exact) mass is 310 g/mol. The Morgan fingerprint density at radius 3 is 2.44 bits per heavy atom. The molecule has 0 aliphatic carbocycles. The molecule has 18 heavy (non-hydrogen) atoms. The Morgan fingerprint density at radius 1 is 1.22 bits per heavy atom. The summed E-state index contributed by atoms with van der Waals surface area (Å²) in [6.45, 7) is 1.65. The average molecular weight is 312 g/mol. The Balaban J connectivity index is 2.83. The van der Waals surface area contributed by atoms with Gasteiger partial charge < -0.3 is 9.47 Å². The third-order valence-corrected chi connectivity index (χ3v) is 2.98. The summed E-state index contributed by atoms with van der Waals surface area (Å²) < 4.78 is 9.80. The molecular weight excluding hydrogens is 302 g/mol. The predicted octanol–water partition coefficient (Wildman–Crippen LogP) is 3.31. The fourth-order valence-electron chi connectivity index (χ4n) is 1.13. The molecule has 0 N–H and O–H groups in total. The molecule has 0 radical (unpaired) electrons. The van der Waals surface area contributed by atoms with Crippen LogP contribution in [0.15, 0.2) is 12.1 Å². The molecule has 0 amide bonds. The van der Waals surface area contributed by atoms with E-state index in [-0.39, 0.29) is 34.6 Å². The van der Waals surface area contributed by atoms with E-state index in [2.05, 4.69) is 4.74 Å². The van der Waals surface area contributed by atoms with Crippen molar-refractivity contribution in [3.8, 4) is 5.75 Å². The van der Waals surface area contributed by atoms with Crippen LogP contribution in [0.1, 0.15) is 17.3 Å². The molecule has 0 unspecified atom stereocenters. The number of carbonyl (C=O) groups excluding carboxylic acids is 2. The molecule has 1 rings (SSSR count). The molecule has 0 saturated carbocycles. The van der Waals surface area contributed by atoms with E-state index in [1.165, 1.54) is 12.1 Å². The van der Waals surface area contributed by atoms with E-state index in [0.29, 0.717) is 0 Å². The first-order valence-corrected chi connectivity index (χ1v) is 6.07. The molecule has 1 aromatic carbocycles. The van der Waals surface area contributed by atoms with E-state index < -0.39 is 11.2 Å². The van der Waals surface area contributed by atoms with Crippen molar-refractivity contribution < 1.29 is 19.1 Å². The maximum atomic E-state index is 11.1. The minimum Gasteiger partial charge on any atom is -0.480 e. The van der Waals surface area contributed by atoms with Crippen LogP contribution in [0.4, 0.5) is 0 Å². The predicted molar refractivity (Wildman–Crippen MR) is 68.8 cm³/mol. The Bertz CT molecular complexity index is 474. The average Bonchev–Trinajstić information content (AvgIpc) is 2.31. The molecular formula is C11H9Cl3O4. The van der Waals surface area contributed by atoms with Crippen molar-refractivity contribution in [3.05, 3.63) is 27.7 Å². The zero-order valence-corrected chi connectivity index (χ0v) is 11.6. The summed E-state index contributed by atoms with van der Waals surface area (Å²) >= 11 is 17.0. The second-order valence-corrected chi connectivity index (χ2v) is 4.21. The second kappa shape index (κ2) is 6.83. The summed E-state index contributed by atoms with van der Waals surface area (Å²) in [7, 11) is 0. The van der Waals surface area contributed by atoms with Crippen molar-refractivity contribution in [2.75, 3.05) is 13.2 Å². The highest BCUT2D eigenvalue weighted by molar-refractivity contribution is 6.69. The van der Waals surface area contributed by atoms with Gasteiger partial charge in [0.05, 0.1) is 17.2 Å². The van der Waals surface area contributed by atoms with Gasteiger partial charge in [-0.3, -0.25) is 4.79 Å². The van der Waals surface area contributed by atoms with Gasteiger partial charge >= 0.3 is 5.97 Å². The molecule has 1 aromatic rings. The number of benzene rings is 1. The van der Waals surface area contributed by atoms with E-state index >= 15 is 0 Å². The Kier molecular flexibility index (Phi) is 5.72.